The maximum absolute atomic E-state index is 13.7. The predicted octanol–water partition coefficient (Wildman–Crippen LogP) is 7.24. The number of rotatable bonds is 6. The molecule has 4 rings (SSSR count). The fourth-order valence-corrected chi connectivity index (χ4v) is 4.38. The van der Waals surface area contributed by atoms with Crippen LogP contribution >= 0.6 is 0 Å². The zero-order valence-electron chi connectivity index (χ0n) is 16.7. The zero-order valence-corrected chi connectivity index (χ0v) is 16.7. The molecule has 5 heteroatoms. The van der Waals surface area contributed by atoms with Crippen molar-refractivity contribution in [2.24, 2.45) is 0 Å². The molecule has 0 aliphatic heterocycles. The van der Waals surface area contributed by atoms with Gasteiger partial charge < -0.3 is 4.42 Å². The Morgan fingerprint density at radius 3 is 2.34 bits per heavy atom. The van der Waals surface area contributed by atoms with Crippen molar-refractivity contribution in [1.29, 1.82) is 0 Å². The van der Waals surface area contributed by atoms with Crippen molar-refractivity contribution in [3.63, 3.8) is 0 Å². The third-order valence-corrected chi connectivity index (χ3v) is 5.88. The maximum Gasteiger partial charge on any atom is 0.416 e. The molecule has 154 valence electrons. The standard InChI is InChI=1S/C24H26F3NO/c1-2-5-23-28-21-13-11-17(15-22(21)29-23)9-8-16-10-12-19(18-6-3-4-7-18)20(14-16)24(25,26)27/h10-15,18H,2-9H2,1H3. The van der Waals surface area contributed by atoms with Crippen LogP contribution in [0.15, 0.2) is 40.8 Å². The van der Waals surface area contributed by atoms with Crippen molar-refractivity contribution >= 4 is 11.1 Å². The van der Waals surface area contributed by atoms with Crippen LogP contribution in [0, 0.1) is 0 Å². The Balaban J connectivity index is 1.52. The number of benzene rings is 2. The molecule has 3 aromatic rings. The molecule has 1 aromatic heterocycles. The van der Waals surface area contributed by atoms with E-state index in [1.54, 1.807) is 6.07 Å². The second kappa shape index (κ2) is 8.21. The van der Waals surface area contributed by atoms with Crippen LogP contribution in [0.25, 0.3) is 11.1 Å². The normalized spacial score (nSPS) is 15.4. The molecule has 1 aliphatic rings. The van der Waals surface area contributed by atoms with Crippen molar-refractivity contribution in [3.8, 4) is 0 Å². The molecule has 29 heavy (non-hydrogen) atoms. The molecule has 1 aliphatic carbocycles. The van der Waals surface area contributed by atoms with Crippen LogP contribution in [0.3, 0.4) is 0 Å². The van der Waals surface area contributed by atoms with Crippen LogP contribution in [0.5, 0.6) is 0 Å². The number of aryl methyl sites for hydroxylation is 3. The van der Waals surface area contributed by atoms with Gasteiger partial charge >= 0.3 is 6.18 Å². The average molecular weight is 401 g/mol. The van der Waals surface area contributed by atoms with Gasteiger partial charge in [0.2, 0.25) is 0 Å². The van der Waals surface area contributed by atoms with E-state index in [9.17, 15) is 13.2 Å². The highest BCUT2D eigenvalue weighted by molar-refractivity contribution is 5.73. The molecule has 0 N–H and O–H groups in total. The van der Waals surface area contributed by atoms with E-state index in [-0.39, 0.29) is 5.92 Å². The van der Waals surface area contributed by atoms with Gasteiger partial charge in [0, 0.05) is 6.42 Å². The minimum atomic E-state index is -4.30. The first-order valence-corrected chi connectivity index (χ1v) is 10.5. The van der Waals surface area contributed by atoms with Gasteiger partial charge in [0.25, 0.3) is 0 Å². The molecule has 1 heterocycles. The summed E-state index contributed by atoms with van der Waals surface area (Å²) in [6, 6.07) is 10.8. The minimum Gasteiger partial charge on any atom is -0.441 e. The first kappa shape index (κ1) is 20.0. The van der Waals surface area contributed by atoms with Gasteiger partial charge in [-0.2, -0.15) is 13.2 Å². The number of halogens is 3. The van der Waals surface area contributed by atoms with Gasteiger partial charge in [0.1, 0.15) is 5.52 Å². The summed E-state index contributed by atoms with van der Waals surface area (Å²) in [4.78, 5) is 4.46. The van der Waals surface area contributed by atoms with Gasteiger partial charge in [-0.05, 0) is 72.9 Å². The van der Waals surface area contributed by atoms with Crippen molar-refractivity contribution in [1.82, 2.24) is 4.98 Å². The second-order valence-electron chi connectivity index (χ2n) is 8.06. The number of fused-ring (bicyclic) bond motifs is 1. The molecule has 1 fully saturated rings. The average Bonchev–Trinajstić information content (AvgIpc) is 3.35. The number of hydrogen-bond acceptors (Lipinski definition) is 2. The predicted molar refractivity (Wildman–Crippen MR) is 108 cm³/mol. The Hall–Kier alpha value is -2.30. The lowest BCUT2D eigenvalue weighted by Crippen LogP contribution is -2.12. The Morgan fingerprint density at radius 1 is 0.966 bits per heavy atom. The van der Waals surface area contributed by atoms with Crippen molar-refractivity contribution in [2.45, 2.75) is 70.4 Å². The molecule has 0 saturated heterocycles. The Labute approximate surface area is 169 Å². The van der Waals surface area contributed by atoms with Gasteiger partial charge in [0.05, 0.1) is 5.56 Å². The quantitative estimate of drug-likeness (QED) is 0.435. The molecule has 0 amide bonds. The van der Waals surface area contributed by atoms with E-state index >= 15 is 0 Å². The fraction of sp³-hybridized carbons (Fsp3) is 0.458. The maximum atomic E-state index is 13.7. The molecule has 0 bridgehead atoms. The van der Waals surface area contributed by atoms with E-state index in [2.05, 4.69) is 11.9 Å². The van der Waals surface area contributed by atoms with Crippen LogP contribution < -0.4 is 0 Å². The Kier molecular flexibility index (Phi) is 5.66. The fourth-order valence-electron chi connectivity index (χ4n) is 4.38. The molecule has 0 radical (unpaired) electrons. The van der Waals surface area contributed by atoms with E-state index in [4.69, 9.17) is 4.42 Å². The van der Waals surface area contributed by atoms with Crippen LogP contribution in [-0.2, 0) is 25.4 Å². The van der Waals surface area contributed by atoms with Crippen LogP contribution in [-0.4, -0.2) is 4.98 Å². The first-order chi connectivity index (χ1) is 13.9. The van der Waals surface area contributed by atoms with Gasteiger partial charge in [-0.15, -0.1) is 0 Å². The summed E-state index contributed by atoms with van der Waals surface area (Å²) < 4.78 is 46.8. The van der Waals surface area contributed by atoms with Gasteiger partial charge in [-0.25, -0.2) is 4.98 Å². The molecule has 0 unspecified atom stereocenters. The van der Waals surface area contributed by atoms with Crippen LogP contribution in [0.4, 0.5) is 13.2 Å². The summed E-state index contributed by atoms with van der Waals surface area (Å²) in [5, 5.41) is 0. The van der Waals surface area contributed by atoms with Crippen molar-refractivity contribution in [3.05, 3.63) is 64.5 Å². The van der Waals surface area contributed by atoms with Crippen molar-refractivity contribution < 1.29 is 17.6 Å². The highest BCUT2D eigenvalue weighted by Gasteiger charge is 2.36. The third-order valence-electron chi connectivity index (χ3n) is 5.88. The van der Waals surface area contributed by atoms with Gasteiger partial charge in [0.15, 0.2) is 11.5 Å². The highest BCUT2D eigenvalue weighted by Crippen LogP contribution is 2.42. The number of hydrogen-bond donors (Lipinski definition) is 0. The molecular weight excluding hydrogens is 375 g/mol. The molecule has 2 nitrogen and oxygen atoms in total. The Bertz CT molecular complexity index is 983. The molecule has 2 aromatic carbocycles. The summed E-state index contributed by atoms with van der Waals surface area (Å²) in [7, 11) is 0. The highest BCUT2D eigenvalue weighted by atomic mass is 19.4. The van der Waals surface area contributed by atoms with E-state index < -0.39 is 11.7 Å². The third kappa shape index (κ3) is 4.49. The SMILES string of the molecule is CCCc1nc2ccc(CCc3ccc(C4CCCC4)c(C(F)(F)F)c3)cc2o1. The summed E-state index contributed by atoms with van der Waals surface area (Å²) in [6.45, 7) is 2.08. The largest absolute Gasteiger partial charge is 0.441 e. The van der Waals surface area contributed by atoms with Crippen LogP contribution in [0.2, 0.25) is 0 Å². The minimum absolute atomic E-state index is 0.0480. The lowest BCUT2D eigenvalue weighted by molar-refractivity contribution is -0.138. The molecular formula is C24H26F3NO. The molecule has 0 spiro atoms. The van der Waals surface area contributed by atoms with E-state index in [1.165, 1.54) is 6.07 Å². The number of aromatic nitrogens is 1. The first-order valence-electron chi connectivity index (χ1n) is 10.5. The van der Waals surface area contributed by atoms with Crippen molar-refractivity contribution in [2.75, 3.05) is 0 Å². The summed E-state index contributed by atoms with van der Waals surface area (Å²) in [5.74, 6) is 0.781. The number of oxazole rings is 1. The topological polar surface area (TPSA) is 26.0 Å². The lowest BCUT2D eigenvalue weighted by Gasteiger charge is -2.19. The van der Waals surface area contributed by atoms with Gasteiger partial charge in [-0.3, -0.25) is 0 Å². The summed E-state index contributed by atoms with van der Waals surface area (Å²) in [6.07, 6.45) is 2.47. The summed E-state index contributed by atoms with van der Waals surface area (Å²) in [5.41, 5.74) is 3.38. The zero-order chi connectivity index (χ0) is 20.4. The smallest absolute Gasteiger partial charge is 0.416 e. The molecule has 0 atom stereocenters. The number of nitrogens with zero attached hydrogens (tertiary/aromatic N) is 1. The van der Waals surface area contributed by atoms with E-state index in [0.29, 0.717) is 18.4 Å². The lowest BCUT2D eigenvalue weighted by atomic mass is 9.90. The van der Waals surface area contributed by atoms with Gasteiger partial charge in [-0.1, -0.05) is 38.0 Å². The van der Waals surface area contributed by atoms with Crippen LogP contribution in [0.1, 0.15) is 73.1 Å². The number of alkyl halides is 3. The molecule has 1 saturated carbocycles. The van der Waals surface area contributed by atoms with E-state index in [1.807, 2.05) is 24.3 Å². The Morgan fingerprint density at radius 2 is 1.66 bits per heavy atom. The summed E-state index contributed by atoms with van der Waals surface area (Å²) >= 11 is 0. The second-order valence-corrected chi connectivity index (χ2v) is 8.06. The monoisotopic (exact) mass is 401 g/mol. The van der Waals surface area contributed by atoms with E-state index in [0.717, 1.165) is 66.6 Å².